The first-order valence-corrected chi connectivity index (χ1v) is 19.1. The first-order valence-electron chi connectivity index (χ1n) is 18.3. The van der Waals surface area contributed by atoms with Gasteiger partial charge in [-0.05, 0) is 28.8 Å². The van der Waals surface area contributed by atoms with Crippen molar-refractivity contribution in [3.63, 3.8) is 0 Å². The third kappa shape index (κ3) is 18.3. The van der Waals surface area contributed by atoms with Crippen molar-refractivity contribution in [2.45, 2.75) is 83.5 Å². The number of nitriles is 1. The molecule has 1 aliphatic heterocycles. The molecule has 1 saturated heterocycles. The molecule has 0 N–H and O–H groups in total. The fraction of sp³-hybridized carbons (Fsp3) is 0.364. The molecule has 0 amide bonds. The Bertz CT molecular complexity index is 1560. The minimum absolute atomic E-state index is 0. The molecule has 11 heteroatoms. The van der Waals surface area contributed by atoms with E-state index >= 15 is 0 Å². The van der Waals surface area contributed by atoms with E-state index in [2.05, 4.69) is 19.9 Å². The zero-order valence-corrected chi connectivity index (χ0v) is 33.7. The summed E-state index contributed by atoms with van der Waals surface area (Å²) in [6, 6.07) is 40.3. The maximum atomic E-state index is 13.6. The van der Waals surface area contributed by atoms with E-state index in [9.17, 15) is 4.79 Å². The first kappa shape index (κ1) is 47.7. The molecule has 0 radical (unpaired) electrons. The number of benzene rings is 4. The standard InChI is InChI=1S/C38H40NO8P.2C3H7.Ni/c39-22-13-23-44-48-45-28-34-35(42-25-30-16-7-2-8-17-30)37(43-26-31-18-9-3-10-19-31)36(47-38(40)32-20-11-4-12-21-32)33(46-34)27-41-24-29-14-5-1-6-15-29;2*1-3-2;/h1-12,14-21,33-37,48H,13,23-28H2;2*1,3H2,2H3;/q;2*-1;+2/t33-,34+,35?,36?,37?;;;/m1.../s1. The molecule has 298 valence electrons. The molecular formula is C44H54NNiO8P. The molecule has 6 atom stereocenters. The molecule has 0 bridgehead atoms. The van der Waals surface area contributed by atoms with Crippen molar-refractivity contribution < 1.29 is 54.0 Å². The largest absolute Gasteiger partial charge is 2.00 e. The number of ether oxygens (including phenoxy) is 5. The van der Waals surface area contributed by atoms with Crippen LogP contribution in [0.3, 0.4) is 0 Å². The van der Waals surface area contributed by atoms with E-state index in [4.69, 9.17) is 38.0 Å². The van der Waals surface area contributed by atoms with Crippen molar-refractivity contribution in [3.05, 3.63) is 157 Å². The van der Waals surface area contributed by atoms with Crippen molar-refractivity contribution in [2.24, 2.45) is 0 Å². The first-order chi connectivity index (χ1) is 26.5. The predicted octanol–water partition coefficient (Wildman–Crippen LogP) is 9.28. The summed E-state index contributed by atoms with van der Waals surface area (Å²) in [5.41, 5.74) is 3.33. The van der Waals surface area contributed by atoms with Gasteiger partial charge in [0.2, 0.25) is 0 Å². The second kappa shape index (κ2) is 29.8. The van der Waals surface area contributed by atoms with E-state index in [1.807, 2.05) is 111 Å². The number of rotatable bonds is 18. The average molecular weight is 815 g/mol. The second-order valence-corrected chi connectivity index (χ2v) is 12.9. The van der Waals surface area contributed by atoms with Gasteiger partial charge in [0, 0.05) is 0 Å². The van der Waals surface area contributed by atoms with Crippen LogP contribution in [-0.2, 0) is 69.0 Å². The zero-order valence-electron chi connectivity index (χ0n) is 31.7. The summed E-state index contributed by atoms with van der Waals surface area (Å²) >= 11 is 0. The van der Waals surface area contributed by atoms with Crippen LogP contribution in [0.4, 0.5) is 0 Å². The Hall–Kier alpha value is -3.48. The Morgan fingerprint density at radius 1 is 0.673 bits per heavy atom. The molecule has 5 rings (SSSR count). The van der Waals surface area contributed by atoms with Crippen LogP contribution in [0.25, 0.3) is 0 Å². The topological polar surface area (TPSA) is 105 Å². The Balaban J connectivity index is 0.00000140. The van der Waals surface area contributed by atoms with Crippen LogP contribution in [-0.4, -0.2) is 56.3 Å². The second-order valence-electron chi connectivity index (χ2n) is 12.1. The van der Waals surface area contributed by atoms with Crippen LogP contribution < -0.4 is 0 Å². The number of carbonyl (C=O) groups excluding carboxylic acids is 1. The van der Waals surface area contributed by atoms with Gasteiger partial charge >= 0.3 is 22.5 Å². The summed E-state index contributed by atoms with van der Waals surface area (Å²) < 4.78 is 43.7. The molecule has 1 heterocycles. The Morgan fingerprint density at radius 2 is 1.13 bits per heavy atom. The van der Waals surface area contributed by atoms with Gasteiger partial charge in [0.25, 0.3) is 0 Å². The minimum atomic E-state index is -0.886. The maximum Gasteiger partial charge on any atom is 2.00 e. The molecular weight excluding hydrogens is 760 g/mol. The molecule has 9 nitrogen and oxygen atoms in total. The van der Waals surface area contributed by atoms with E-state index in [0.717, 1.165) is 29.5 Å². The number of carbonyl (C=O) groups is 1. The third-order valence-corrected chi connectivity index (χ3v) is 8.23. The number of hydrogen-bond acceptors (Lipinski definition) is 9. The van der Waals surface area contributed by atoms with Gasteiger partial charge in [0.05, 0.1) is 57.7 Å². The monoisotopic (exact) mass is 813 g/mol. The Labute approximate surface area is 339 Å². The quantitative estimate of drug-likeness (QED) is 0.0320. The fourth-order valence-corrected chi connectivity index (χ4v) is 5.76. The van der Waals surface area contributed by atoms with Gasteiger partial charge < -0.3 is 46.6 Å². The zero-order chi connectivity index (χ0) is 38.6. The SMILES string of the molecule is N#CCCOPOC[C@@H]1O[C@H](COCc2ccccc2)C(OC(=O)c2ccccc2)C(OCc2ccccc2)C1OCc1ccccc1.[CH2-]CC.[CH2-]CC.[Ni+2]. The van der Waals surface area contributed by atoms with Gasteiger partial charge in [-0.15, -0.1) is 0 Å². The number of esters is 1. The van der Waals surface area contributed by atoms with Crippen LogP contribution in [0.15, 0.2) is 121 Å². The Kier molecular flexibility index (Phi) is 25.8. The van der Waals surface area contributed by atoms with Gasteiger partial charge in [-0.25, -0.2) is 4.79 Å². The van der Waals surface area contributed by atoms with Crippen LogP contribution in [0.2, 0.25) is 0 Å². The molecule has 1 aliphatic rings. The fourth-order valence-electron chi connectivity index (χ4n) is 5.26. The minimum Gasteiger partial charge on any atom is -0.453 e. The molecule has 0 saturated carbocycles. The van der Waals surface area contributed by atoms with Gasteiger partial charge in [-0.3, -0.25) is 0 Å². The summed E-state index contributed by atoms with van der Waals surface area (Å²) in [6.45, 7) is 12.4. The van der Waals surface area contributed by atoms with E-state index in [1.165, 1.54) is 0 Å². The summed E-state index contributed by atoms with van der Waals surface area (Å²) in [6.07, 6.45) is -1.41. The van der Waals surface area contributed by atoms with Gasteiger partial charge in [0.1, 0.15) is 24.4 Å². The van der Waals surface area contributed by atoms with Gasteiger partial charge in [0.15, 0.2) is 15.1 Å². The summed E-state index contributed by atoms with van der Waals surface area (Å²) in [5.74, 6) is -0.505. The van der Waals surface area contributed by atoms with E-state index in [-0.39, 0.29) is 65.0 Å². The summed E-state index contributed by atoms with van der Waals surface area (Å²) in [5, 5.41) is 8.84. The van der Waals surface area contributed by atoms with Crippen molar-refractivity contribution in [1.29, 1.82) is 5.26 Å². The van der Waals surface area contributed by atoms with Crippen molar-refractivity contribution >= 4 is 15.0 Å². The molecule has 0 aromatic heterocycles. The third-order valence-electron chi connectivity index (χ3n) is 7.63. The van der Waals surface area contributed by atoms with Crippen LogP contribution in [0, 0.1) is 25.2 Å². The predicted molar refractivity (Wildman–Crippen MR) is 212 cm³/mol. The average Bonchev–Trinajstić information content (AvgIpc) is 3.21. The number of hydrogen-bond donors (Lipinski definition) is 0. The molecule has 4 aromatic rings. The molecule has 1 fully saturated rings. The Morgan fingerprint density at radius 3 is 1.64 bits per heavy atom. The maximum absolute atomic E-state index is 13.6. The van der Waals surface area contributed by atoms with Gasteiger partial charge in [-0.1, -0.05) is 123 Å². The molecule has 4 aromatic carbocycles. The molecule has 0 spiro atoms. The van der Waals surface area contributed by atoms with Crippen molar-refractivity contribution in [1.82, 2.24) is 0 Å². The van der Waals surface area contributed by atoms with Crippen molar-refractivity contribution in [3.8, 4) is 6.07 Å². The number of nitrogens with zero attached hydrogens (tertiary/aromatic N) is 1. The van der Waals surface area contributed by atoms with Crippen LogP contribution >= 0.6 is 9.03 Å². The molecule has 4 unspecified atom stereocenters. The van der Waals surface area contributed by atoms with Crippen LogP contribution in [0.1, 0.15) is 60.2 Å². The molecule has 55 heavy (non-hydrogen) atoms. The van der Waals surface area contributed by atoms with E-state index in [0.29, 0.717) is 12.2 Å². The van der Waals surface area contributed by atoms with E-state index < -0.39 is 36.5 Å². The molecule has 0 aliphatic carbocycles. The summed E-state index contributed by atoms with van der Waals surface area (Å²) in [7, 11) is -0.297. The van der Waals surface area contributed by atoms with Gasteiger partial charge in [-0.2, -0.15) is 18.1 Å². The van der Waals surface area contributed by atoms with Crippen LogP contribution in [0.5, 0.6) is 0 Å². The smallest absolute Gasteiger partial charge is 0.453 e. The summed E-state index contributed by atoms with van der Waals surface area (Å²) in [4.78, 5) is 13.6. The van der Waals surface area contributed by atoms with Crippen molar-refractivity contribution in [2.75, 3.05) is 19.8 Å². The normalized spacial score (nSPS) is 18.8. The van der Waals surface area contributed by atoms with E-state index in [1.54, 1.807) is 24.3 Å².